The van der Waals surface area contributed by atoms with Crippen molar-refractivity contribution < 1.29 is 17.6 Å². The molecular weight excluding hydrogens is 430 g/mol. The Morgan fingerprint density at radius 3 is 2.88 bits per heavy atom. The van der Waals surface area contributed by atoms with Crippen LogP contribution in [0.1, 0.15) is 34.1 Å². The molecule has 4 aromatic rings. The molecule has 0 unspecified atom stereocenters. The number of aryl methyl sites for hydroxylation is 1. The molecule has 164 valence electrons. The van der Waals surface area contributed by atoms with Gasteiger partial charge in [0, 0.05) is 18.9 Å². The number of furan rings is 1. The van der Waals surface area contributed by atoms with E-state index in [0.29, 0.717) is 46.7 Å². The van der Waals surface area contributed by atoms with Crippen molar-refractivity contribution in [1.82, 2.24) is 25.1 Å². The molecular formula is C22H21N5O4S. The Bertz CT molecular complexity index is 1400. The van der Waals surface area contributed by atoms with Crippen LogP contribution in [0.3, 0.4) is 0 Å². The number of amides is 1. The first kappa shape index (κ1) is 20.4. The molecule has 10 heteroatoms. The number of carbonyl (C=O) groups is 1. The summed E-state index contributed by atoms with van der Waals surface area (Å²) in [6, 6.07) is 8.57. The second kappa shape index (κ2) is 7.86. The SMILES string of the molecule is Cc1nn([C@@H]2CCS(=O)(=O)C2)c2nc(-c3ccco3)cc(C(=O)NCc3cccnc3)c12. The molecule has 1 N–H and O–H groups in total. The first-order valence-electron chi connectivity index (χ1n) is 10.2. The summed E-state index contributed by atoms with van der Waals surface area (Å²) in [6.45, 7) is 2.12. The molecule has 9 nitrogen and oxygen atoms in total. The molecule has 5 rings (SSSR count). The number of hydrogen-bond donors (Lipinski definition) is 1. The Morgan fingerprint density at radius 1 is 1.31 bits per heavy atom. The van der Waals surface area contributed by atoms with Gasteiger partial charge in [-0.1, -0.05) is 6.07 Å². The minimum Gasteiger partial charge on any atom is -0.463 e. The van der Waals surface area contributed by atoms with E-state index < -0.39 is 9.84 Å². The van der Waals surface area contributed by atoms with Gasteiger partial charge in [0.25, 0.3) is 5.91 Å². The van der Waals surface area contributed by atoms with Crippen LogP contribution in [0, 0.1) is 6.92 Å². The number of nitrogens with one attached hydrogen (secondary N) is 1. The maximum Gasteiger partial charge on any atom is 0.252 e. The van der Waals surface area contributed by atoms with Gasteiger partial charge in [-0.25, -0.2) is 18.1 Å². The first-order chi connectivity index (χ1) is 15.4. The van der Waals surface area contributed by atoms with Crippen LogP contribution in [-0.2, 0) is 16.4 Å². The zero-order chi connectivity index (χ0) is 22.3. The Morgan fingerprint density at radius 2 is 2.19 bits per heavy atom. The summed E-state index contributed by atoms with van der Waals surface area (Å²) in [7, 11) is -3.11. The number of aromatic nitrogens is 4. The summed E-state index contributed by atoms with van der Waals surface area (Å²) in [4.78, 5) is 22.0. The monoisotopic (exact) mass is 451 g/mol. The number of pyridine rings is 2. The average Bonchev–Trinajstić information content (AvgIpc) is 3.51. The van der Waals surface area contributed by atoms with Gasteiger partial charge < -0.3 is 9.73 Å². The number of rotatable bonds is 5. The molecule has 0 saturated carbocycles. The smallest absolute Gasteiger partial charge is 0.252 e. The number of sulfone groups is 1. The lowest BCUT2D eigenvalue weighted by atomic mass is 10.1. The van der Waals surface area contributed by atoms with Crippen LogP contribution in [0.25, 0.3) is 22.5 Å². The van der Waals surface area contributed by atoms with E-state index in [1.54, 1.807) is 42.2 Å². The highest BCUT2D eigenvalue weighted by Crippen LogP contribution is 2.32. The maximum atomic E-state index is 13.2. The third-order valence-electron chi connectivity index (χ3n) is 5.59. The molecule has 4 aromatic heterocycles. The molecule has 5 heterocycles. The van der Waals surface area contributed by atoms with Crippen LogP contribution in [0.5, 0.6) is 0 Å². The topological polar surface area (TPSA) is 120 Å². The van der Waals surface area contributed by atoms with Crippen molar-refractivity contribution >= 4 is 26.8 Å². The molecule has 0 bridgehead atoms. The van der Waals surface area contributed by atoms with Crippen molar-refractivity contribution in [2.75, 3.05) is 11.5 Å². The number of fused-ring (bicyclic) bond motifs is 1. The van der Waals surface area contributed by atoms with Crippen molar-refractivity contribution in [2.24, 2.45) is 0 Å². The Kier molecular flexibility index (Phi) is 5.01. The molecule has 1 atom stereocenters. The minimum absolute atomic E-state index is 0.0123. The van der Waals surface area contributed by atoms with Crippen LogP contribution < -0.4 is 5.32 Å². The van der Waals surface area contributed by atoms with Crippen LogP contribution in [0.15, 0.2) is 53.4 Å². The van der Waals surface area contributed by atoms with Gasteiger partial charge in [-0.15, -0.1) is 0 Å². The Labute approximate surface area is 184 Å². The van der Waals surface area contributed by atoms with Crippen molar-refractivity contribution in [3.05, 3.63) is 65.8 Å². The fourth-order valence-electron chi connectivity index (χ4n) is 4.05. The maximum absolute atomic E-state index is 13.2. The highest BCUT2D eigenvalue weighted by atomic mass is 32.2. The fourth-order valence-corrected chi connectivity index (χ4v) is 5.74. The van der Waals surface area contributed by atoms with Gasteiger partial charge in [0.2, 0.25) is 0 Å². The minimum atomic E-state index is -3.11. The zero-order valence-corrected chi connectivity index (χ0v) is 18.2. The predicted molar refractivity (Wildman–Crippen MR) is 118 cm³/mol. The van der Waals surface area contributed by atoms with E-state index >= 15 is 0 Å². The third-order valence-corrected chi connectivity index (χ3v) is 7.34. The molecule has 1 aliphatic heterocycles. The largest absolute Gasteiger partial charge is 0.463 e. The van der Waals surface area contributed by atoms with E-state index in [2.05, 4.69) is 15.4 Å². The van der Waals surface area contributed by atoms with Crippen molar-refractivity contribution in [1.29, 1.82) is 0 Å². The van der Waals surface area contributed by atoms with Gasteiger partial charge in [0.05, 0.1) is 40.5 Å². The van der Waals surface area contributed by atoms with Crippen molar-refractivity contribution in [3.8, 4) is 11.5 Å². The van der Waals surface area contributed by atoms with Crippen LogP contribution in [0.2, 0.25) is 0 Å². The Hall–Kier alpha value is -3.53. The molecule has 32 heavy (non-hydrogen) atoms. The third kappa shape index (κ3) is 3.77. The second-order valence-electron chi connectivity index (χ2n) is 7.86. The fraction of sp³-hybridized carbons (Fsp3) is 0.273. The molecule has 1 aliphatic rings. The van der Waals surface area contributed by atoms with Crippen LogP contribution in [-0.4, -0.2) is 45.6 Å². The predicted octanol–water partition coefficient (Wildman–Crippen LogP) is 2.68. The molecule has 0 spiro atoms. The molecule has 1 saturated heterocycles. The van der Waals surface area contributed by atoms with Gasteiger partial charge >= 0.3 is 0 Å². The number of nitrogens with zero attached hydrogens (tertiary/aromatic N) is 4. The molecule has 1 amide bonds. The van der Waals surface area contributed by atoms with E-state index in [1.165, 1.54) is 6.26 Å². The average molecular weight is 452 g/mol. The lowest BCUT2D eigenvalue weighted by Crippen LogP contribution is -2.23. The number of hydrogen-bond acceptors (Lipinski definition) is 7. The summed E-state index contributed by atoms with van der Waals surface area (Å²) >= 11 is 0. The summed E-state index contributed by atoms with van der Waals surface area (Å²) in [5, 5.41) is 8.12. The van der Waals surface area contributed by atoms with E-state index in [0.717, 1.165) is 5.56 Å². The molecule has 0 aliphatic carbocycles. The standard InChI is InChI=1S/C22H21N5O4S/c1-14-20-17(22(28)24-12-15-4-2-7-23-11-15)10-18(19-5-3-8-31-19)25-21(20)27(26-14)16-6-9-32(29,30)13-16/h2-5,7-8,10-11,16H,6,9,12-13H2,1H3,(H,24,28)/t16-/m1/s1. The van der Waals surface area contributed by atoms with Crippen LogP contribution in [0.4, 0.5) is 0 Å². The summed E-state index contributed by atoms with van der Waals surface area (Å²) < 4.78 is 31.3. The number of carbonyl (C=O) groups excluding carboxylic acids is 1. The van der Waals surface area contributed by atoms with Gasteiger partial charge in [0.1, 0.15) is 5.69 Å². The normalized spacial score (nSPS) is 17.6. The van der Waals surface area contributed by atoms with E-state index in [4.69, 9.17) is 9.40 Å². The molecule has 0 aromatic carbocycles. The Balaban J connectivity index is 1.60. The zero-order valence-electron chi connectivity index (χ0n) is 17.4. The summed E-state index contributed by atoms with van der Waals surface area (Å²) in [6.07, 6.45) is 5.37. The molecule has 0 radical (unpaired) electrons. The van der Waals surface area contributed by atoms with Gasteiger partial charge in [-0.2, -0.15) is 5.10 Å². The lowest BCUT2D eigenvalue weighted by molar-refractivity contribution is 0.0952. The summed E-state index contributed by atoms with van der Waals surface area (Å²) in [5.41, 5.74) is 2.87. The summed E-state index contributed by atoms with van der Waals surface area (Å²) in [5.74, 6) is 0.362. The van der Waals surface area contributed by atoms with E-state index in [-0.39, 0.29) is 23.5 Å². The van der Waals surface area contributed by atoms with Gasteiger partial charge in [0.15, 0.2) is 21.2 Å². The molecule has 1 fully saturated rings. The lowest BCUT2D eigenvalue weighted by Gasteiger charge is -2.11. The van der Waals surface area contributed by atoms with E-state index in [9.17, 15) is 13.2 Å². The first-order valence-corrected chi connectivity index (χ1v) is 12.0. The van der Waals surface area contributed by atoms with Crippen LogP contribution >= 0.6 is 0 Å². The highest BCUT2D eigenvalue weighted by molar-refractivity contribution is 7.91. The van der Waals surface area contributed by atoms with Gasteiger partial charge in [-0.05, 0) is 43.2 Å². The highest BCUT2D eigenvalue weighted by Gasteiger charge is 2.32. The quantitative estimate of drug-likeness (QED) is 0.495. The van der Waals surface area contributed by atoms with Gasteiger partial charge in [-0.3, -0.25) is 9.78 Å². The van der Waals surface area contributed by atoms with Crippen molar-refractivity contribution in [3.63, 3.8) is 0 Å². The second-order valence-corrected chi connectivity index (χ2v) is 10.1. The van der Waals surface area contributed by atoms with Crippen molar-refractivity contribution in [2.45, 2.75) is 25.9 Å². The van der Waals surface area contributed by atoms with E-state index in [1.807, 2.05) is 12.1 Å².